The summed E-state index contributed by atoms with van der Waals surface area (Å²) in [4.78, 5) is 21.9. The van der Waals surface area contributed by atoms with Gasteiger partial charge in [-0.3, -0.25) is 9.47 Å². The number of ether oxygens (including phenoxy) is 1. The van der Waals surface area contributed by atoms with Gasteiger partial charge in [0.2, 0.25) is 5.95 Å². The highest BCUT2D eigenvalue weighted by Crippen LogP contribution is 2.43. The van der Waals surface area contributed by atoms with Gasteiger partial charge in [0.05, 0.1) is 12.8 Å². The monoisotopic (exact) mass is 629 g/mol. The average molecular weight is 630 g/mol. The molecule has 45 heavy (non-hydrogen) atoms. The van der Waals surface area contributed by atoms with E-state index >= 15 is 0 Å². The Morgan fingerprint density at radius 1 is 0.956 bits per heavy atom. The minimum absolute atomic E-state index is 0.453. The van der Waals surface area contributed by atoms with Gasteiger partial charge in [-0.05, 0) is 69.0 Å². The van der Waals surface area contributed by atoms with Gasteiger partial charge in [-0.2, -0.15) is 9.35 Å². The van der Waals surface area contributed by atoms with Crippen LogP contribution < -0.4 is 15.0 Å². The summed E-state index contributed by atoms with van der Waals surface area (Å²) < 4.78 is 24.7. The lowest BCUT2D eigenvalue weighted by atomic mass is 10.0. The fraction of sp³-hybridized carbons (Fsp3) is 0.485. The molecule has 7 rings (SSSR count). The molecule has 0 radical (unpaired) electrons. The standard InChI is InChI=1S/C33H43N9O2S/c1-39-16-18-40(19-17-39)26-12-14-41(15-13-26)27-11-10-25(21-29(27)44-2)35-33-34-22-24-20-28(23-8-9-23)42(32(24)37-33)31-7-5-6-30(36-31)38-45(3,4)43/h5-7,10-11,20-23,26H,8-9,12-19H2,1-4H3,(H,34,35,37). The zero-order chi connectivity index (χ0) is 31.1. The first kappa shape index (κ1) is 29.9. The molecule has 0 bridgehead atoms. The number of likely N-dealkylation sites (N-methyl/N-ethyl adjacent to an activating group) is 1. The van der Waals surface area contributed by atoms with E-state index in [-0.39, 0.29) is 0 Å². The largest absolute Gasteiger partial charge is 0.495 e. The second-order valence-corrected chi connectivity index (χ2v) is 15.4. The van der Waals surface area contributed by atoms with Crippen molar-refractivity contribution in [2.24, 2.45) is 4.36 Å². The van der Waals surface area contributed by atoms with Crippen LogP contribution in [0.5, 0.6) is 5.75 Å². The van der Waals surface area contributed by atoms with Crippen molar-refractivity contribution in [1.82, 2.24) is 29.3 Å². The lowest BCUT2D eigenvalue weighted by Crippen LogP contribution is -2.52. The summed E-state index contributed by atoms with van der Waals surface area (Å²) in [5.41, 5.74) is 3.93. The molecule has 0 amide bonds. The molecule has 12 heteroatoms. The number of piperazine rings is 1. The normalized spacial score (nSPS) is 18.8. The second-order valence-electron chi connectivity index (χ2n) is 12.8. The summed E-state index contributed by atoms with van der Waals surface area (Å²) in [7, 11) is 1.61. The van der Waals surface area contributed by atoms with Gasteiger partial charge in [-0.1, -0.05) is 6.07 Å². The fourth-order valence-corrected chi connectivity index (χ4v) is 7.16. The topological polar surface area (TPSA) is 104 Å². The van der Waals surface area contributed by atoms with Crippen molar-refractivity contribution in [3.05, 3.63) is 54.4 Å². The third-order valence-electron chi connectivity index (χ3n) is 9.12. The van der Waals surface area contributed by atoms with Crippen LogP contribution in [0.15, 0.2) is 53.0 Å². The number of hydrogen-bond acceptors (Lipinski definition) is 10. The Morgan fingerprint density at radius 2 is 1.73 bits per heavy atom. The van der Waals surface area contributed by atoms with Crippen LogP contribution in [0.1, 0.15) is 37.3 Å². The summed E-state index contributed by atoms with van der Waals surface area (Å²) >= 11 is 0. The minimum Gasteiger partial charge on any atom is -0.495 e. The van der Waals surface area contributed by atoms with Crippen LogP contribution in [0.3, 0.4) is 0 Å². The van der Waals surface area contributed by atoms with Crippen molar-refractivity contribution < 1.29 is 8.95 Å². The summed E-state index contributed by atoms with van der Waals surface area (Å²) in [5, 5.41) is 4.36. The third-order valence-corrected chi connectivity index (χ3v) is 9.75. The summed E-state index contributed by atoms with van der Waals surface area (Å²) in [6.07, 6.45) is 9.71. The van der Waals surface area contributed by atoms with Gasteiger partial charge in [-0.15, -0.1) is 0 Å². The molecule has 2 saturated heterocycles. The smallest absolute Gasteiger partial charge is 0.229 e. The average Bonchev–Trinajstić information content (AvgIpc) is 3.81. The van der Waals surface area contributed by atoms with E-state index in [9.17, 15) is 4.21 Å². The van der Waals surface area contributed by atoms with Gasteiger partial charge in [0.25, 0.3) is 0 Å². The van der Waals surface area contributed by atoms with Crippen LogP contribution in [0.25, 0.3) is 16.9 Å². The predicted molar refractivity (Wildman–Crippen MR) is 181 cm³/mol. The molecule has 3 aromatic heterocycles. The highest BCUT2D eigenvalue weighted by atomic mass is 32.2. The molecule has 11 nitrogen and oxygen atoms in total. The Bertz CT molecular complexity index is 1800. The number of nitrogens with zero attached hydrogens (tertiary/aromatic N) is 8. The maximum atomic E-state index is 12.4. The predicted octanol–water partition coefficient (Wildman–Crippen LogP) is 5.02. The second kappa shape index (κ2) is 12.2. The Balaban J connectivity index is 1.12. The van der Waals surface area contributed by atoms with E-state index in [0.29, 0.717) is 29.5 Å². The molecule has 0 unspecified atom stereocenters. The Morgan fingerprint density at radius 3 is 2.44 bits per heavy atom. The Labute approximate surface area is 265 Å². The third kappa shape index (κ3) is 6.63. The molecule has 0 spiro atoms. The summed E-state index contributed by atoms with van der Waals surface area (Å²) in [5.74, 6) is 2.96. The molecule has 4 aromatic rings. The molecule has 1 aliphatic carbocycles. The molecule has 1 aromatic carbocycles. The molecular weight excluding hydrogens is 586 g/mol. The lowest BCUT2D eigenvalue weighted by molar-refractivity contribution is 0.0981. The van der Waals surface area contributed by atoms with Gasteiger partial charge in [0, 0.05) is 96.6 Å². The van der Waals surface area contributed by atoms with Crippen LogP contribution in [-0.2, 0) is 9.73 Å². The molecule has 1 saturated carbocycles. The van der Waals surface area contributed by atoms with Crippen molar-refractivity contribution in [2.45, 2.75) is 37.6 Å². The Kier molecular flexibility index (Phi) is 8.13. The highest BCUT2D eigenvalue weighted by Gasteiger charge is 2.30. The van der Waals surface area contributed by atoms with Crippen molar-refractivity contribution in [2.75, 3.05) is 76.2 Å². The van der Waals surface area contributed by atoms with Crippen LogP contribution in [0.4, 0.5) is 23.1 Å². The molecule has 0 atom stereocenters. The van der Waals surface area contributed by atoms with E-state index in [1.165, 1.54) is 25.9 Å². The van der Waals surface area contributed by atoms with Gasteiger partial charge < -0.3 is 19.9 Å². The van der Waals surface area contributed by atoms with Crippen molar-refractivity contribution in [3.63, 3.8) is 0 Å². The number of aromatic nitrogens is 4. The van der Waals surface area contributed by atoms with Crippen molar-refractivity contribution >= 4 is 43.9 Å². The van der Waals surface area contributed by atoms with Gasteiger partial charge in [0.15, 0.2) is 11.5 Å². The van der Waals surface area contributed by atoms with E-state index in [4.69, 9.17) is 14.7 Å². The number of fused-ring (bicyclic) bond motifs is 1. The lowest BCUT2D eigenvalue weighted by Gasteiger charge is -2.42. The van der Waals surface area contributed by atoms with Crippen molar-refractivity contribution in [3.8, 4) is 11.6 Å². The number of rotatable bonds is 8. The zero-order valence-electron chi connectivity index (χ0n) is 26.6. The maximum absolute atomic E-state index is 12.4. The molecule has 1 N–H and O–H groups in total. The number of piperidine rings is 1. The van der Waals surface area contributed by atoms with Crippen molar-refractivity contribution in [1.29, 1.82) is 0 Å². The summed E-state index contributed by atoms with van der Waals surface area (Å²) in [6, 6.07) is 14.7. The van der Waals surface area contributed by atoms with Gasteiger partial charge in [-0.25, -0.2) is 14.2 Å². The van der Waals surface area contributed by atoms with Gasteiger partial charge in [0.1, 0.15) is 11.6 Å². The van der Waals surface area contributed by atoms with Crippen LogP contribution in [0.2, 0.25) is 0 Å². The number of benzene rings is 1. The van der Waals surface area contributed by atoms with E-state index in [1.54, 1.807) is 25.7 Å². The number of methoxy groups -OCH3 is 1. The first-order valence-corrected chi connectivity index (χ1v) is 18.2. The van der Waals surface area contributed by atoms with Crippen LogP contribution in [-0.4, -0.2) is 106 Å². The Hall–Kier alpha value is -3.74. The maximum Gasteiger partial charge on any atom is 0.229 e. The number of anilines is 3. The quantitative estimate of drug-likeness (QED) is 0.288. The molecule has 5 heterocycles. The van der Waals surface area contributed by atoms with Crippen LogP contribution >= 0.6 is 0 Å². The number of nitrogens with one attached hydrogen (secondary N) is 1. The highest BCUT2D eigenvalue weighted by molar-refractivity contribution is 7.92. The number of hydrogen-bond donors (Lipinski definition) is 1. The molecule has 3 fully saturated rings. The number of pyridine rings is 1. The zero-order valence-corrected chi connectivity index (χ0v) is 27.5. The fourth-order valence-electron chi connectivity index (χ4n) is 6.61. The van der Waals surface area contributed by atoms with Crippen LogP contribution in [0, 0.1) is 0 Å². The SMILES string of the molecule is COc1cc(Nc2ncc3cc(C4CC4)n(-c4cccc(N=S(C)(C)=O)n4)c3n2)ccc1N1CCC(N2CCN(C)CC2)CC1. The first-order valence-electron chi connectivity index (χ1n) is 15.9. The van der Waals surface area contributed by atoms with E-state index in [2.05, 4.69) is 59.2 Å². The minimum atomic E-state index is -2.33. The van der Waals surface area contributed by atoms with Gasteiger partial charge >= 0.3 is 0 Å². The summed E-state index contributed by atoms with van der Waals surface area (Å²) in [6.45, 7) is 6.71. The van der Waals surface area contributed by atoms with E-state index < -0.39 is 9.73 Å². The molecular formula is C33H43N9O2S. The van der Waals surface area contributed by atoms with E-state index in [0.717, 1.165) is 72.9 Å². The molecule has 238 valence electrons. The molecule has 3 aliphatic rings. The first-order chi connectivity index (χ1) is 21.7. The van der Waals surface area contributed by atoms with E-state index in [1.807, 2.05) is 24.4 Å². The molecule has 2 aliphatic heterocycles.